The van der Waals surface area contributed by atoms with Gasteiger partial charge < -0.3 is 15.0 Å². The van der Waals surface area contributed by atoms with E-state index in [1.165, 1.54) is 0 Å². The van der Waals surface area contributed by atoms with Gasteiger partial charge in [0.2, 0.25) is 0 Å². The van der Waals surface area contributed by atoms with Crippen molar-refractivity contribution in [2.45, 2.75) is 18.9 Å². The number of piperidine rings is 1. The molecule has 29 heavy (non-hydrogen) atoms. The molecule has 0 bridgehead atoms. The third-order valence-corrected chi connectivity index (χ3v) is 5.58. The number of rotatable bonds is 5. The molecular formula is C22H23BrN4O2. The van der Waals surface area contributed by atoms with Gasteiger partial charge in [-0.15, -0.1) is 0 Å². The minimum absolute atomic E-state index is 0.00238. The number of amides is 1. The number of carbonyl (C=O) groups excluding carboxylic acids is 1. The minimum atomic E-state index is -0.0857. The van der Waals surface area contributed by atoms with Gasteiger partial charge in [-0.05, 0) is 63.3 Å². The Balaban J connectivity index is 1.39. The van der Waals surface area contributed by atoms with E-state index < -0.39 is 0 Å². The maximum atomic E-state index is 12.2. The summed E-state index contributed by atoms with van der Waals surface area (Å²) < 4.78 is 6.71. The van der Waals surface area contributed by atoms with Gasteiger partial charge in [-0.3, -0.25) is 4.79 Å². The highest BCUT2D eigenvalue weighted by Gasteiger charge is 2.18. The predicted octanol–water partition coefficient (Wildman–Crippen LogP) is 3.65. The summed E-state index contributed by atoms with van der Waals surface area (Å²) in [7, 11) is 2.10. The van der Waals surface area contributed by atoms with Crippen LogP contribution in [0.2, 0.25) is 0 Å². The lowest BCUT2D eigenvalue weighted by Crippen LogP contribution is -2.44. The molecule has 0 aliphatic carbocycles. The Morgan fingerprint density at radius 2 is 2.07 bits per heavy atom. The molecule has 1 aliphatic heterocycles. The monoisotopic (exact) mass is 454 g/mol. The van der Waals surface area contributed by atoms with Gasteiger partial charge in [0.15, 0.2) is 12.4 Å². The number of benzene rings is 2. The lowest BCUT2D eigenvalue weighted by atomic mass is 10.1. The smallest absolute Gasteiger partial charge is 0.258 e. The van der Waals surface area contributed by atoms with E-state index in [0.29, 0.717) is 11.6 Å². The Labute approximate surface area is 178 Å². The molecule has 0 saturated carbocycles. The first-order chi connectivity index (χ1) is 14.1. The lowest BCUT2D eigenvalue weighted by molar-refractivity contribution is -0.124. The molecule has 0 spiro atoms. The summed E-state index contributed by atoms with van der Waals surface area (Å²) in [6, 6.07) is 13.7. The van der Waals surface area contributed by atoms with E-state index in [0.717, 1.165) is 46.9 Å². The molecule has 0 atom stereocenters. The van der Waals surface area contributed by atoms with Crippen LogP contribution in [0.1, 0.15) is 12.8 Å². The second-order valence-electron chi connectivity index (χ2n) is 7.36. The summed E-state index contributed by atoms with van der Waals surface area (Å²) in [5, 5.41) is 4.03. The van der Waals surface area contributed by atoms with Crippen LogP contribution in [0, 0.1) is 0 Å². The Kier molecular flexibility index (Phi) is 6.06. The Morgan fingerprint density at radius 1 is 1.24 bits per heavy atom. The van der Waals surface area contributed by atoms with E-state index in [4.69, 9.17) is 4.74 Å². The number of ether oxygens (including phenoxy) is 1. The van der Waals surface area contributed by atoms with Gasteiger partial charge in [-0.25, -0.2) is 9.97 Å². The van der Waals surface area contributed by atoms with Gasteiger partial charge in [0, 0.05) is 27.7 Å². The van der Waals surface area contributed by atoms with Crippen molar-refractivity contribution in [1.29, 1.82) is 0 Å². The van der Waals surface area contributed by atoms with Crippen LogP contribution in [-0.2, 0) is 4.79 Å². The van der Waals surface area contributed by atoms with Gasteiger partial charge in [-0.2, -0.15) is 0 Å². The van der Waals surface area contributed by atoms with E-state index in [9.17, 15) is 4.79 Å². The maximum absolute atomic E-state index is 12.2. The number of likely N-dealkylation sites (tertiary alicyclic amines) is 1. The Bertz CT molecular complexity index is 1020. The van der Waals surface area contributed by atoms with Crippen LogP contribution in [0.5, 0.6) is 5.75 Å². The molecule has 6 nitrogen and oxygen atoms in total. The summed E-state index contributed by atoms with van der Waals surface area (Å²) in [5.74, 6) is 1.17. The van der Waals surface area contributed by atoms with Crippen molar-refractivity contribution in [3.05, 3.63) is 53.1 Å². The van der Waals surface area contributed by atoms with E-state index >= 15 is 0 Å². The number of hydrogen-bond acceptors (Lipinski definition) is 5. The zero-order chi connectivity index (χ0) is 20.2. The fourth-order valence-electron chi connectivity index (χ4n) is 3.44. The predicted molar refractivity (Wildman–Crippen MR) is 117 cm³/mol. The quantitative estimate of drug-likeness (QED) is 0.637. The Morgan fingerprint density at radius 3 is 2.90 bits per heavy atom. The summed E-state index contributed by atoms with van der Waals surface area (Å²) in [4.78, 5) is 23.6. The Hall–Kier alpha value is -2.51. The number of nitrogens with one attached hydrogen (secondary N) is 1. The summed E-state index contributed by atoms with van der Waals surface area (Å²) in [6.07, 6.45) is 3.77. The van der Waals surface area contributed by atoms with Crippen LogP contribution in [0.15, 0.2) is 53.1 Å². The zero-order valence-electron chi connectivity index (χ0n) is 16.3. The molecular weight excluding hydrogens is 432 g/mol. The SMILES string of the molecule is CN1CCC(NC(=O)COc2cccc(-c3ncc4cc(Br)ccc4n3)c2)CC1. The van der Waals surface area contributed by atoms with Crippen molar-refractivity contribution >= 4 is 32.7 Å². The first-order valence-corrected chi connectivity index (χ1v) is 10.5. The van der Waals surface area contributed by atoms with Crippen molar-refractivity contribution in [3.8, 4) is 17.1 Å². The number of fused-ring (bicyclic) bond motifs is 1. The van der Waals surface area contributed by atoms with Crippen LogP contribution in [-0.4, -0.2) is 53.6 Å². The summed E-state index contributed by atoms with van der Waals surface area (Å²) >= 11 is 3.46. The van der Waals surface area contributed by atoms with Crippen LogP contribution >= 0.6 is 15.9 Å². The number of halogens is 1. The molecule has 1 N–H and O–H groups in total. The molecule has 1 aliphatic rings. The van der Waals surface area contributed by atoms with E-state index in [1.54, 1.807) is 0 Å². The molecule has 1 saturated heterocycles. The largest absolute Gasteiger partial charge is 0.484 e. The number of aromatic nitrogens is 2. The van der Waals surface area contributed by atoms with Gasteiger partial charge in [0.25, 0.3) is 5.91 Å². The van der Waals surface area contributed by atoms with E-state index in [1.807, 2.05) is 48.7 Å². The normalized spacial score (nSPS) is 15.4. The molecule has 1 fully saturated rings. The van der Waals surface area contributed by atoms with Gasteiger partial charge in [-0.1, -0.05) is 28.1 Å². The number of hydrogen-bond donors (Lipinski definition) is 1. The van der Waals surface area contributed by atoms with Crippen molar-refractivity contribution in [1.82, 2.24) is 20.2 Å². The number of nitrogens with zero attached hydrogens (tertiary/aromatic N) is 3. The molecule has 0 radical (unpaired) electrons. The van der Waals surface area contributed by atoms with Crippen LogP contribution in [0.25, 0.3) is 22.3 Å². The van der Waals surface area contributed by atoms with Crippen LogP contribution in [0.3, 0.4) is 0 Å². The standard InChI is InChI=1S/C22H23BrN4O2/c1-27-9-7-18(8-10-27)25-21(28)14-29-19-4-2-3-15(12-19)22-24-13-16-11-17(23)5-6-20(16)26-22/h2-6,11-13,18H,7-10,14H2,1H3,(H,25,28). The highest BCUT2D eigenvalue weighted by molar-refractivity contribution is 9.10. The molecule has 3 aromatic rings. The van der Waals surface area contributed by atoms with Crippen LogP contribution < -0.4 is 10.1 Å². The van der Waals surface area contributed by atoms with Crippen LogP contribution in [0.4, 0.5) is 0 Å². The summed E-state index contributed by atoms with van der Waals surface area (Å²) in [5.41, 5.74) is 1.73. The second kappa shape index (κ2) is 8.88. The van der Waals surface area contributed by atoms with Gasteiger partial charge >= 0.3 is 0 Å². The van der Waals surface area contributed by atoms with Crippen molar-refractivity contribution < 1.29 is 9.53 Å². The first kappa shape index (κ1) is 19.8. The molecule has 1 aromatic heterocycles. The molecule has 7 heteroatoms. The fraction of sp³-hybridized carbons (Fsp3) is 0.318. The molecule has 0 unspecified atom stereocenters. The van der Waals surface area contributed by atoms with E-state index in [2.05, 4.69) is 43.2 Å². The average molecular weight is 455 g/mol. The molecule has 1 amide bonds. The first-order valence-electron chi connectivity index (χ1n) is 9.70. The number of carbonyl (C=O) groups is 1. The summed E-state index contributed by atoms with van der Waals surface area (Å²) in [6.45, 7) is 2.02. The second-order valence-corrected chi connectivity index (χ2v) is 8.27. The highest BCUT2D eigenvalue weighted by Crippen LogP contribution is 2.24. The van der Waals surface area contributed by atoms with Gasteiger partial charge in [0.05, 0.1) is 5.52 Å². The van der Waals surface area contributed by atoms with Crippen molar-refractivity contribution in [3.63, 3.8) is 0 Å². The zero-order valence-corrected chi connectivity index (χ0v) is 17.9. The fourth-order valence-corrected chi connectivity index (χ4v) is 3.82. The third-order valence-electron chi connectivity index (χ3n) is 5.09. The maximum Gasteiger partial charge on any atom is 0.258 e. The highest BCUT2D eigenvalue weighted by atomic mass is 79.9. The van der Waals surface area contributed by atoms with Gasteiger partial charge in [0.1, 0.15) is 5.75 Å². The van der Waals surface area contributed by atoms with Crippen molar-refractivity contribution in [2.75, 3.05) is 26.7 Å². The average Bonchev–Trinajstić information content (AvgIpc) is 2.74. The van der Waals surface area contributed by atoms with Crippen molar-refractivity contribution in [2.24, 2.45) is 0 Å². The third kappa shape index (κ3) is 5.10. The topological polar surface area (TPSA) is 67.4 Å². The lowest BCUT2D eigenvalue weighted by Gasteiger charge is -2.29. The molecule has 150 valence electrons. The minimum Gasteiger partial charge on any atom is -0.484 e. The van der Waals surface area contributed by atoms with E-state index in [-0.39, 0.29) is 18.6 Å². The molecule has 2 heterocycles. The molecule has 4 rings (SSSR count). The molecule has 2 aromatic carbocycles.